The third-order valence-corrected chi connectivity index (χ3v) is 4.64. The van der Waals surface area contributed by atoms with E-state index < -0.39 is 10.0 Å². The Labute approximate surface area is 118 Å². The van der Waals surface area contributed by atoms with Crippen LogP contribution in [0.25, 0.3) is 0 Å². The van der Waals surface area contributed by atoms with Crippen molar-refractivity contribution in [1.29, 1.82) is 0 Å². The quantitative estimate of drug-likeness (QED) is 0.904. The van der Waals surface area contributed by atoms with Gasteiger partial charge in [-0.1, -0.05) is 17.7 Å². The van der Waals surface area contributed by atoms with Crippen molar-refractivity contribution in [3.63, 3.8) is 0 Å². The Kier molecular flexibility index (Phi) is 4.20. The van der Waals surface area contributed by atoms with Crippen LogP contribution in [0, 0.1) is 13.8 Å². The minimum atomic E-state index is -3.54. The maximum absolute atomic E-state index is 12.3. The molecule has 1 aromatic carbocycles. The normalized spacial score (nSPS) is 11.8. The van der Waals surface area contributed by atoms with E-state index in [9.17, 15) is 8.42 Å². The zero-order valence-corrected chi connectivity index (χ0v) is 12.6. The number of benzene rings is 1. The molecule has 0 aliphatic heterocycles. The molecule has 2 aromatic rings. The van der Waals surface area contributed by atoms with Crippen LogP contribution in [0.1, 0.15) is 23.9 Å². The van der Waals surface area contributed by atoms with Crippen LogP contribution >= 0.6 is 0 Å². The lowest BCUT2D eigenvalue weighted by Gasteiger charge is -2.10. The lowest BCUT2D eigenvalue weighted by Crippen LogP contribution is -2.25. The van der Waals surface area contributed by atoms with Gasteiger partial charge in [-0.2, -0.15) is 0 Å². The number of nitrogens with zero attached hydrogens (tertiary/aromatic N) is 3. The van der Waals surface area contributed by atoms with Crippen LogP contribution in [0.5, 0.6) is 0 Å². The summed E-state index contributed by atoms with van der Waals surface area (Å²) in [5, 5.41) is 7.68. The Balaban J connectivity index is 2.19. The molecule has 0 atom stereocenters. The zero-order chi connectivity index (χ0) is 14.8. The first kappa shape index (κ1) is 14.7. The second kappa shape index (κ2) is 5.72. The fourth-order valence-electron chi connectivity index (χ4n) is 2.02. The molecule has 0 bridgehead atoms. The molecule has 108 valence electrons. The van der Waals surface area contributed by atoms with Gasteiger partial charge in [-0.3, -0.25) is 0 Å². The summed E-state index contributed by atoms with van der Waals surface area (Å²) >= 11 is 0. The summed E-state index contributed by atoms with van der Waals surface area (Å²) in [4.78, 5) is 0.297. The standard InChI is InChI=1S/C13H18N4O2S/c1-4-17-9-14-16-13(17)8-15-20(18,19)12-6-5-10(2)7-11(12)3/h5-7,9,15H,4,8H2,1-3H3. The molecular weight excluding hydrogens is 276 g/mol. The van der Waals surface area contributed by atoms with E-state index in [2.05, 4.69) is 14.9 Å². The van der Waals surface area contributed by atoms with Crippen molar-refractivity contribution in [2.75, 3.05) is 0 Å². The molecular formula is C13H18N4O2S. The van der Waals surface area contributed by atoms with E-state index >= 15 is 0 Å². The number of aromatic nitrogens is 3. The minimum Gasteiger partial charge on any atom is -0.317 e. The first-order valence-electron chi connectivity index (χ1n) is 6.37. The van der Waals surface area contributed by atoms with E-state index in [1.54, 1.807) is 30.0 Å². The topological polar surface area (TPSA) is 76.9 Å². The largest absolute Gasteiger partial charge is 0.317 e. The molecule has 0 radical (unpaired) electrons. The van der Waals surface area contributed by atoms with Crippen molar-refractivity contribution in [3.05, 3.63) is 41.5 Å². The van der Waals surface area contributed by atoms with E-state index in [1.165, 1.54) is 0 Å². The summed E-state index contributed by atoms with van der Waals surface area (Å²) in [6.45, 7) is 6.50. The molecule has 0 aliphatic rings. The average Bonchev–Trinajstić information content (AvgIpc) is 2.83. The van der Waals surface area contributed by atoms with Crippen LogP contribution < -0.4 is 4.72 Å². The van der Waals surface area contributed by atoms with Crippen molar-refractivity contribution in [3.8, 4) is 0 Å². The Morgan fingerprint density at radius 3 is 2.70 bits per heavy atom. The van der Waals surface area contributed by atoms with Gasteiger partial charge in [0, 0.05) is 6.54 Å². The maximum atomic E-state index is 12.3. The Hall–Kier alpha value is -1.73. The van der Waals surface area contributed by atoms with Crippen LogP contribution in [0.15, 0.2) is 29.4 Å². The highest BCUT2D eigenvalue weighted by Crippen LogP contribution is 2.16. The van der Waals surface area contributed by atoms with Gasteiger partial charge in [0.1, 0.15) is 12.2 Å². The van der Waals surface area contributed by atoms with Crippen LogP contribution in [-0.4, -0.2) is 23.2 Å². The monoisotopic (exact) mass is 294 g/mol. The predicted octanol–water partition coefficient (Wildman–Crippen LogP) is 1.39. The number of sulfonamides is 1. The molecule has 0 amide bonds. The summed E-state index contributed by atoms with van der Waals surface area (Å²) in [6, 6.07) is 5.26. The highest BCUT2D eigenvalue weighted by atomic mass is 32.2. The number of hydrogen-bond acceptors (Lipinski definition) is 4. The van der Waals surface area contributed by atoms with Crippen LogP contribution in [0.4, 0.5) is 0 Å². The van der Waals surface area contributed by atoms with Crippen LogP contribution in [0.3, 0.4) is 0 Å². The second-order valence-corrected chi connectivity index (χ2v) is 6.36. The maximum Gasteiger partial charge on any atom is 0.241 e. The van der Waals surface area contributed by atoms with Gasteiger partial charge in [-0.25, -0.2) is 13.1 Å². The van der Waals surface area contributed by atoms with Gasteiger partial charge in [0.05, 0.1) is 11.4 Å². The first-order valence-corrected chi connectivity index (χ1v) is 7.86. The van der Waals surface area contributed by atoms with Gasteiger partial charge < -0.3 is 4.57 Å². The van der Waals surface area contributed by atoms with Crippen molar-refractivity contribution in [2.24, 2.45) is 0 Å². The van der Waals surface area contributed by atoms with E-state index in [1.807, 2.05) is 19.9 Å². The van der Waals surface area contributed by atoms with E-state index in [0.717, 1.165) is 11.1 Å². The van der Waals surface area contributed by atoms with Gasteiger partial charge in [0.25, 0.3) is 0 Å². The Bertz CT molecular complexity index is 707. The Morgan fingerprint density at radius 2 is 2.05 bits per heavy atom. The van der Waals surface area contributed by atoms with Crippen LogP contribution in [-0.2, 0) is 23.1 Å². The molecule has 20 heavy (non-hydrogen) atoms. The second-order valence-electron chi connectivity index (χ2n) is 4.63. The highest BCUT2D eigenvalue weighted by molar-refractivity contribution is 7.89. The van der Waals surface area contributed by atoms with Crippen molar-refractivity contribution in [2.45, 2.75) is 38.8 Å². The smallest absolute Gasteiger partial charge is 0.241 e. The van der Waals surface area contributed by atoms with Crippen molar-refractivity contribution in [1.82, 2.24) is 19.5 Å². The third kappa shape index (κ3) is 3.05. The molecule has 2 rings (SSSR count). The van der Waals surface area contributed by atoms with Crippen molar-refractivity contribution >= 4 is 10.0 Å². The summed E-state index contributed by atoms with van der Waals surface area (Å²) in [6.07, 6.45) is 1.58. The summed E-state index contributed by atoms with van der Waals surface area (Å²) < 4.78 is 28.9. The van der Waals surface area contributed by atoms with Crippen molar-refractivity contribution < 1.29 is 8.42 Å². The molecule has 6 nitrogen and oxygen atoms in total. The Morgan fingerprint density at radius 1 is 1.30 bits per heavy atom. The predicted molar refractivity (Wildman–Crippen MR) is 75.6 cm³/mol. The SMILES string of the molecule is CCn1cnnc1CNS(=O)(=O)c1ccc(C)cc1C. The number of nitrogens with one attached hydrogen (secondary N) is 1. The molecule has 0 unspecified atom stereocenters. The summed E-state index contributed by atoms with van der Waals surface area (Å²) in [5.74, 6) is 0.598. The van der Waals surface area contributed by atoms with Gasteiger partial charge in [0.15, 0.2) is 0 Å². The molecule has 0 fully saturated rings. The zero-order valence-electron chi connectivity index (χ0n) is 11.8. The lowest BCUT2D eigenvalue weighted by atomic mass is 10.2. The molecule has 1 aromatic heterocycles. The van der Waals surface area contributed by atoms with Crippen LogP contribution in [0.2, 0.25) is 0 Å². The highest BCUT2D eigenvalue weighted by Gasteiger charge is 2.17. The first-order chi connectivity index (χ1) is 9.44. The fraction of sp³-hybridized carbons (Fsp3) is 0.385. The number of hydrogen-bond donors (Lipinski definition) is 1. The van der Waals surface area contributed by atoms with Gasteiger partial charge in [-0.15, -0.1) is 10.2 Å². The van der Waals surface area contributed by atoms with Gasteiger partial charge in [0.2, 0.25) is 10.0 Å². The third-order valence-electron chi connectivity index (χ3n) is 3.08. The number of rotatable bonds is 5. The molecule has 1 heterocycles. The minimum absolute atomic E-state index is 0.128. The molecule has 7 heteroatoms. The van der Waals surface area contributed by atoms with E-state index in [0.29, 0.717) is 17.3 Å². The summed E-state index contributed by atoms with van der Waals surface area (Å²) in [5.41, 5.74) is 1.77. The molecule has 0 saturated heterocycles. The van der Waals surface area contributed by atoms with E-state index in [4.69, 9.17) is 0 Å². The number of aryl methyl sites for hydroxylation is 3. The van der Waals surface area contributed by atoms with Gasteiger partial charge >= 0.3 is 0 Å². The molecule has 0 spiro atoms. The summed E-state index contributed by atoms with van der Waals surface area (Å²) in [7, 11) is -3.54. The molecule has 0 aliphatic carbocycles. The average molecular weight is 294 g/mol. The van der Waals surface area contributed by atoms with Gasteiger partial charge in [-0.05, 0) is 32.4 Å². The molecule has 0 saturated carbocycles. The lowest BCUT2D eigenvalue weighted by molar-refractivity contribution is 0.574. The molecule has 1 N–H and O–H groups in total. The fourth-order valence-corrected chi connectivity index (χ4v) is 3.22. The van der Waals surface area contributed by atoms with E-state index in [-0.39, 0.29) is 6.54 Å².